The minimum Gasteiger partial charge on any atom is -0.370 e. The molecular formula is C22H33N5O7. The van der Waals surface area contributed by atoms with Crippen molar-refractivity contribution in [3.05, 3.63) is 12.2 Å². The Labute approximate surface area is 197 Å². The summed E-state index contributed by atoms with van der Waals surface area (Å²) >= 11 is 0. The molecule has 1 heterocycles. The number of ketones is 2. The van der Waals surface area contributed by atoms with Crippen LogP contribution in [-0.2, 0) is 28.8 Å². The van der Waals surface area contributed by atoms with Crippen molar-refractivity contribution in [1.29, 1.82) is 0 Å². The van der Waals surface area contributed by atoms with Gasteiger partial charge >= 0.3 is 6.03 Å². The molecule has 0 unspecified atom stereocenters. The number of nitrogens with two attached hydrogens (primary N) is 2. The summed E-state index contributed by atoms with van der Waals surface area (Å²) in [4.78, 5) is 84.6. The number of hydrogen-bond donors (Lipinski definition) is 4. The summed E-state index contributed by atoms with van der Waals surface area (Å²) in [5.41, 5.74) is 9.53. The van der Waals surface area contributed by atoms with Crippen LogP contribution in [-0.4, -0.2) is 65.3 Å². The van der Waals surface area contributed by atoms with Crippen molar-refractivity contribution in [1.82, 2.24) is 15.5 Å². The Kier molecular flexibility index (Phi) is 10.6. The van der Waals surface area contributed by atoms with Gasteiger partial charge in [0.05, 0.1) is 12.5 Å². The van der Waals surface area contributed by atoms with Crippen molar-refractivity contribution in [2.45, 2.75) is 58.9 Å². The topological polar surface area (TPSA) is 199 Å². The number of rotatable bonds is 14. The fraction of sp³-hybridized carbons (Fsp3) is 0.591. The quantitative estimate of drug-likeness (QED) is 0.186. The number of carbonyl (C=O) groups is 7. The van der Waals surface area contributed by atoms with E-state index in [0.717, 1.165) is 17.1 Å². The van der Waals surface area contributed by atoms with E-state index in [4.69, 9.17) is 11.5 Å². The summed E-state index contributed by atoms with van der Waals surface area (Å²) in [6.07, 6.45) is 1.87. The molecule has 1 aliphatic rings. The van der Waals surface area contributed by atoms with Crippen LogP contribution in [0.2, 0.25) is 0 Å². The summed E-state index contributed by atoms with van der Waals surface area (Å²) in [5.74, 6) is -4.00. The molecule has 34 heavy (non-hydrogen) atoms. The molecule has 0 aliphatic carbocycles. The molecule has 0 bridgehead atoms. The number of nitrogens with zero attached hydrogens (tertiary/aromatic N) is 1. The van der Waals surface area contributed by atoms with Crippen LogP contribution >= 0.6 is 0 Å². The lowest BCUT2D eigenvalue weighted by molar-refractivity contribution is -0.137. The number of hydrogen-bond acceptors (Lipinski definition) is 7. The zero-order chi connectivity index (χ0) is 26.1. The van der Waals surface area contributed by atoms with Crippen LogP contribution in [0, 0.1) is 11.3 Å². The molecule has 2 atom stereocenters. The number of urea groups is 1. The second-order valence-corrected chi connectivity index (χ2v) is 9.12. The molecule has 0 saturated heterocycles. The van der Waals surface area contributed by atoms with Gasteiger partial charge < -0.3 is 22.1 Å². The monoisotopic (exact) mass is 479 g/mol. The molecular weight excluding hydrogens is 446 g/mol. The fourth-order valence-electron chi connectivity index (χ4n) is 3.46. The highest BCUT2D eigenvalue weighted by molar-refractivity contribution is 6.13. The van der Waals surface area contributed by atoms with E-state index in [9.17, 15) is 33.6 Å². The Morgan fingerprint density at radius 1 is 1.00 bits per heavy atom. The first-order valence-corrected chi connectivity index (χ1v) is 10.9. The lowest BCUT2D eigenvalue weighted by Gasteiger charge is -2.26. The van der Waals surface area contributed by atoms with Gasteiger partial charge in [-0.1, -0.05) is 20.8 Å². The maximum atomic E-state index is 13.0. The Morgan fingerprint density at radius 3 is 2.09 bits per heavy atom. The molecule has 1 rings (SSSR count). The fourth-order valence-corrected chi connectivity index (χ4v) is 3.46. The van der Waals surface area contributed by atoms with Gasteiger partial charge in [0, 0.05) is 49.4 Å². The van der Waals surface area contributed by atoms with Gasteiger partial charge in [-0.15, -0.1) is 0 Å². The Morgan fingerprint density at radius 2 is 1.59 bits per heavy atom. The molecule has 6 amide bonds. The van der Waals surface area contributed by atoms with Crippen molar-refractivity contribution in [3.63, 3.8) is 0 Å². The van der Waals surface area contributed by atoms with E-state index in [-0.39, 0.29) is 38.1 Å². The van der Waals surface area contributed by atoms with E-state index in [1.54, 1.807) is 20.8 Å². The van der Waals surface area contributed by atoms with Crippen LogP contribution in [0.5, 0.6) is 0 Å². The first kappa shape index (κ1) is 28.5. The number of Topliss-reactive ketones (excluding diaryl/α,β-unsaturated/α-hetero) is 2. The van der Waals surface area contributed by atoms with Crippen molar-refractivity contribution < 1.29 is 33.6 Å². The second kappa shape index (κ2) is 12.6. The number of nitrogens with one attached hydrogen (secondary N) is 2. The summed E-state index contributed by atoms with van der Waals surface area (Å²) in [6, 6.07) is -1.96. The maximum absolute atomic E-state index is 13.0. The molecule has 12 nitrogen and oxygen atoms in total. The highest BCUT2D eigenvalue weighted by Gasteiger charge is 2.33. The molecule has 0 aromatic carbocycles. The first-order chi connectivity index (χ1) is 15.7. The molecule has 0 saturated carbocycles. The molecule has 12 heteroatoms. The normalized spacial score (nSPS) is 15.1. The van der Waals surface area contributed by atoms with E-state index in [0.29, 0.717) is 6.42 Å². The predicted octanol–water partition coefficient (Wildman–Crippen LogP) is -0.699. The lowest BCUT2D eigenvalue weighted by Crippen LogP contribution is -2.46. The highest BCUT2D eigenvalue weighted by atomic mass is 16.2. The van der Waals surface area contributed by atoms with Crippen LogP contribution < -0.4 is 22.1 Å². The van der Waals surface area contributed by atoms with Crippen LogP contribution in [0.1, 0.15) is 52.9 Å². The van der Waals surface area contributed by atoms with Gasteiger partial charge in [0.15, 0.2) is 5.78 Å². The number of amides is 6. The maximum Gasteiger partial charge on any atom is 0.312 e. The third-order valence-corrected chi connectivity index (χ3v) is 5.18. The Hall–Kier alpha value is -3.57. The SMILES string of the molecule is CC(C)(C)C(=O)[C@H](CCCNC(N)=O)CC(=O)[C@H](CC(N)=O)NC(=O)CCN1C(=O)C=CC1=O. The first-order valence-electron chi connectivity index (χ1n) is 10.9. The smallest absolute Gasteiger partial charge is 0.312 e. The van der Waals surface area contributed by atoms with Crippen molar-refractivity contribution in [2.75, 3.05) is 13.1 Å². The third kappa shape index (κ3) is 9.51. The van der Waals surface area contributed by atoms with Crippen LogP contribution in [0.3, 0.4) is 0 Å². The number of carbonyl (C=O) groups excluding carboxylic acids is 7. The zero-order valence-electron chi connectivity index (χ0n) is 19.7. The van der Waals surface area contributed by atoms with E-state index < -0.39 is 59.2 Å². The molecule has 0 spiro atoms. The van der Waals surface area contributed by atoms with Crippen LogP contribution in [0.4, 0.5) is 4.79 Å². The molecule has 188 valence electrons. The summed E-state index contributed by atoms with van der Waals surface area (Å²) in [5, 5.41) is 4.84. The number of imide groups is 1. The van der Waals surface area contributed by atoms with E-state index in [1.165, 1.54) is 0 Å². The molecule has 0 aromatic rings. The van der Waals surface area contributed by atoms with Gasteiger partial charge in [0.1, 0.15) is 5.78 Å². The average Bonchev–Trinajstić information content (AvgIpc) is 3.03. The van der Waals surface area contributed by atoms with Gasteiger partial charge in [0.2, 0.25) is 11.8 Å². The lowest BCUT2D eigenvalue weighted by atomic mass is 9.78. The minimum absolute atomic E-state index is 0.178. The van der Waals surface area contributed by atoms with E-state index >= 15 is 0 Å². The zero-order valence-corrected chi connectivity index (χ0v) is 19.7. The molecule has 6 N–H and O–H groups in total. The predicted molar refractivity (Wildman–Crippen MR) is 121 cm³/mol. The Bertz CT molecular complexity index is 857. The molecule has 1 aliphatic heterocycles. The third-order valence-electron chi connectivity index (χ3n) is 5.18. The summed E-state index contributed by atoms with van der Waals surface area (Å²) < 4.78 is 0. The van der Waals surface area contributed by atoms with Gasteiger partial charge in [0.25, 0.3) is 11.8 Å². The minimum atomic E-state index is -1.26. The Balaban J connectivity index is 2.83. The van der Waals surface area contributed by atoms with Gasteiger partial charge in [-0.05, 0) is 12.8 Å². The van der Waals surface area contributed by atoms with E-state index in [2.05, 4.69) is 10.6 Å². The second-order valence-electron chi connectivity index (χ2n) is 9.12. The highest BCUT2D eigenvalue weighted by Crippen LogP contribution is 2.26. The molecule has 0 radical (unpaired) electrons. The van der Waals surface area contributed by atoms with Crippen molar-refractivity contribution in [3.8, 4) is 0 Å². The average molecular weight is 480 g/mol. The summed E-state index contributed by atoms with van der Waals surface area (Å²) in [6.45, 7) is 5.18. The van der Waals surface area contributed by atoms with E-state index in [1.807, 2.05) is 0 Å². The standard InChI is InChI=1S/C22H33N5O7/c1-22(2,3)20(33)13(5-4-9-25-21(24)34)11-15(28)14(12-16(23)29)26-17(30)8-10-27-18(31)6-7-19(27)32/h6-7,13-14H,4-5,8-12H2,1-3H3,(H2,23,29)(H,26,30)(H3,24,25,34)/t13-,14+/m1/s1. The van der Waals surface area contributed by atoms with Gasteiger partial charge in [-0.25, -0.2) is 4.79 Å². The van der Waals surface area contributed by atoms with Crippen molar-refractivity contribution >= 4 is 41.2 Å². The molecule has 0 fully saturated rings. The van der Waals surface area contributed by atoms with Crippen LogP contribution in [0.25, 0.3) is 0 Å². The van der Waals surface area contributed by atoms with Crippen LogP contribution in [0.15, 0.2) is 12.2 Å². The van der Waals surface area contributed by atoms with Gasteiger partial charge in [-0.2, -0.15) is 0 Å². The summed E-state index contributed by atoms with van der Waals surface area (Å²) in [7, 11) is 0. The largest absolute Gasteiger partial charge is 0.370 e. The number of primary amides is 2. The van der Waals surface area contributed by atoms with Gasteiger partial charge in [-0.3, -0.25) is 33.7 Å². The van der Waals surface area contributed by atoms with Crippen molar-refractivity contribution in [2.24, 2.45) is 22.8 Å². The molecule has 0 aromatic heterocycles.